The highest BCUT2D eigenvalue weighted by Crippen LogP contribution is 2.13. The van der Waals surface area contributed by atoms with Crippen LogP contribution in [0.1, 0.15) is 65.7 Å². The molecule has 0 radical (unpaired) electrons. The molecule has 0 aromatic heterocycles. The number of hydrogen-bond acceptors (Lipinski definition) is 2. The number of rotatable bonds is 10. The molecule has 0 saturated heterocycles. The first kappa shape index (κ1) is 15.3. The Balaban J connectivity index is 3.13. The second-order valence-corrected chi connectivity index (χ2v) is 6.31. The van der Waals surface area contributed by atoms with Crippen LogP contribution >= 0.6 is 11.8 Å². The molecule has 92 valence electrons. The van der Waals surface area contributed by atoms with Crippen molar-refractivity contribution in [3.05, 3.63) is 0 Å². The highest BCUT2D eigenvalue weighted by molar-refractivity contribution is 7.99. The van der Waals surface area contributed by atoms with Crippen molar-refractivity contribution >= 4 is 11.8 Å². The van der Waals surface area contributed by atoms with Gasteiger partial charge < -0.3 is 5.73 Å². The van der Waals surface area contributed by atoms with Gasteiger partial charge in [0.25, 0.3) is 0 Å². The fourth-order valence-electron chi connectivity index (χ4n) is 1.59. The van der Waals surface area contributed by atoms with Gasteiger partial charge in [0.2, 0.25) is 0 Å². The fourth-order valence-corrected chi connectivity index (χ4v) is 2.38. The molecule has 0 spiro atoms. The van der Waals surface area contributed by atoms with Gasteiger partial charge in [-0.05, 0) is 11.7 Å². The minimum atomic E-state index is 0.420. The minimum Gasteiger partial charge on any atom is -0.327 e. The summed E-state index contributed by atoms with van der Waals surface area (Å²) in [6.45, 7) is 6.74. The first-order valence-corrected chi connectivity index (χ1v) is 7.58. The summed E-state index contributed by atoms with van der Waals surface area (Å²) < 4.78 is 0. The molecule has 0 bridgehead atoms. The summed E-state index contributed by atoms with van der Waals surface area (Å²) in [5.74, 6) is 1.13. The predicted octanol–water partition coefficient (Wildman–Crippen LogP) is 4.21. The van der Waals surface area contributed by atoms with Crippen molar-refractivity contribution < 1.29 is 0 Å². The highest BCUT2D eigenvalue weighted by Gasteiger charge is 2.03. The van der Waals surface area contributed by atoms with E-state index in [1.165, 1.54) is 44.9 Å². The van der Waals surface area contributed by atoms with Crippen molar-refractivity contribution in [1.29, 1.82) is 0 Å². The van der Waals surface area contributed by atoms with E-state index in [2.05, 4.69) is 20.8 Å². The summed E-state index contributed by atoms with van der Waals surface area (Å²) in [6.07, 6.45) is 9.46. The number of nitrogens with two attached hydrogens (primary N) is 1. The predicted molar refractivity (Wildman–Crippen MR) is 73.6 cm³/mol. The van der Waals surface area contributed by atoms with Crippen LogP contribution in [0.25, 0.3) is 0 Å². The molecule has 0 aromatic carbocycles. The largest absolute Gasteiger partial charge is 0.327 e. The average molecular weight is 231 g/mol. The monoisotopic (exact) mass is 231 g/mol. The Morgan fingerprint density at radius 1 is 1.00 bits per heavy atom. The fraction of sp³-hybridized carbons (Fsp3) is 1.00. The maximum atomic E-state index is 6.04. The van der Waals surface area contributed by atoms with E-state index < -0.39 is 0 Å². The van der Waals surface area contributed by atoms with Crippen LogP contribution in [0.5, 0.6) is 0 Å². The Morgan fingerprint density at radius 3 is 2.20 bits per heavy atom. The van der Waals surface area contributed by atoms with Gasteiger partial charge in [0, 0.05) is 11.8 Å². The Hall–Kier alpha value is 0.310. The number of unbranched alkanes of at least 4 members (excludes halogenated alkanes) is 5. The van der Waals surface area contributed by atoms with Crippen LogP contribution in [0.15, 0.2) is 0 Å². The standard InChI is InChI=1S/C13H29NS/c1-4-5-6-7-8-9-10-13(14)11-15-12(2)3/h12-13H,4-11,14H2,1-3H3. The van der Waals surface area contributed by atoms with Crippen LogP contribution < -0.4 is 5.73 Å². The molecule has 1 unspecified atom stereocenters. The highest BCUT2D eigenvalue weighted by atomic mass is 32.2. The SMILES string of the molecule is CCCCCCCCC(N)CSC(C)C. The summed E-state index contributed by atoms with van der Waals surface area (Å²) >= 11 is 1.99. The summed E-state index contributed by atoms with van der Waals surface area (Å²) in [4.78, 5) is 0. The Bertz CT molecular complexity index is 126. The molecule has 0 aliphatic rings. The summed E-state index contributed by atoms with van der Waals surface area (Å²) in [7, 11) is 0. The Labute approximate surface area is 101 Å². The molecule has 0 aromatic rings. The molecule has 2 heteroatoms. The number of thioether (sulfide) groups is 1. The molecule has 0 aliphatic heterocycles. The van der Waals surface area contributed by atoms with E-state index in [1.54, 1.807) is 0 Å². The summed E-state index contributed by atoms with van der Waals surface area (Å²) in [5.41, 5.74) is 6.04. The second kappa shape index (κ2) is 10.8. The van der Waals surface area contributed by atoms with E-state index in [1.807, 2.05) is 11.8 Å². The quantitative estimate of drug-likeness (QED) is 0.570. The minimum absolute atomic E-state index is 0.420. The molecule has 2 N–H and O–H groups in total. The van der Waals surface area contributed by atoms with E-state index in [-0.39, 0.29) is 0 Å². The van der Waals surface area contributed by atoms with Gasteiger partial charge in [0.05, 0.1) is 0 Å². The summed E-state index contributed by atoms with van der Waals surface area (Å²) in [5, 5.41) is 0.723. The van der Waals surface area contributed by atoms with Crippen LogP contribution in [0.3, 0.4) is 0 Å². The van der Waals surface area contributed by atoms with E-state index in [0.717, 1.165) is 11.0 Å². The van der Waals surface area contributed by atoms with Crippen LogP contribution in [-0.4, -0.2) is 17.0 Å². The van der Waals surface area contributed by atoms with Gasteiger partial charge in [-0.1, -0.05) is 59.3 Å². The first-order chi connectivity index (χ1) is 7.16. The van der Waals surface area contributed by atoms with Crippen molar-refractivity contribution in [2.75, 3.05) is 5.75 Å². The van der Waals surface area contributed by atoms with E-state index in [4.69, 9.17) is 5.73 Å². The van der Waals surface area contributed by atoms with Crippen LogP contribution in [0.4, 0.5) is 0 Å². The topological polar surface area (TPSA) is 26.0 Å². The first-order valence-electron chi connectivity index (χ1n) is 6.54. The van der Waals surface area contributed by atoms with Gasteiger partial charge in [-0.3, -0.25) is 0 Å². The van der Waals surface area contributed by atoms with Crippen molar-refractivity contribution in [1.82, 2.24) is 0 Å². The maximum absolute atomic E-state index is 6.04. The molecule has 1 atom stereocenters. The van der Waals surface area contributed by atoms with Gasteiger partial charge in [-0.2, -0.15) is 11.8 Å². The smallest absolute Gasteiger partial charge is 0.0130 e. The van der Waals surface area contributed by atoms with Gasteiger partial charge >= 0.3 is 0 Å². The molecule has 15 heavy (non-hydrogen) atoms. The molecule has 0 saturated carbocycles. The van der Waals surface area contributed by atoms with Crippen molar-refractivity contribution in [3.8, 4) is 0 Å². The van der Waals surface area contributed by atoms with Crippen molar-refractivity contribution in [3.63, 3.8) is 0 Å². The van der Waals surface area contributed by atoms with Crippen molar-refractivity contribution in [2.24, 2.45) is 5.73 Å². The van der Waals surface area contributed by atoms with E-state index >= 15 is 0 Å². The lowest BCUT2D eigenvalue weighted by Gasteiger charge is -2.12. The Morgan fingerprint density at radius 2 is 1.60 bits per heavy atom. The van der Waals surface area contributed by atoms with Gasteiger partial charge in [-0.25, -0.2) is 0 Å². The third-order valence-corrected chi connectivity index (χ3v) is 3.86. The maximum Gasteiger partial charge on any atom is 0.0130 e. The normalized spacial score (nSPS) is 13.4. The van der Waals surface area contributed by atoms with Crippen molar-refractivity contribution in [2.45, 2.75) is 77.0 Å². The molecular weight excluding hydrogens is 202 g/mol. The summed E-state index contributed by atoms with van der Waals surface area (Å²) in [6, 6.07) is 0.420. The third-order valence-electron chi connectivity index (χ3n) is 2.57. The van der Waals surface area contributed by atoms with E-state index in [9.17, 15) is 0 Å². The molecular formula is C13H29NS. The molecule has 0 amide bonds. The molecule has 0 fully saturated rings. The van der Waals surface area contributed by atoms with Crippen LogP contribution in [0, 0.1) is 0 Å². The van der Waals surface area contributed by atoms with Crippen LogP contribution in [0.2, 0.25) is 0 Å². The Kier molecular flexibility index (Phi) is 11.0. The van der Waals surface area contributed by atoms with Gasteiger partial charge in [-0.15, -0.1) is 0 Å². The number of hydrogen-bond donors (Lipinski definition) is 1. The zero-order chi connectivity index (χ0) is 11.5. The van der Waals surface area contributed by atoms with Crippen LogP contribution in [-0.2, 0) is 0 Å². The van der Waals surface area contributed by atoms with Gasteiger partial charge in [0.1, 0.15) is 0 Å². The average Bonchev–Trinajstić information content (AvgIpc) is 2.20. The lowest BCUT2D eigenvalue weighted by Crippen LogP contribution is -2.23. The zero-order valence-electron chi connectivity index (χ0n) is 10.8. The lowest BCUT2D eigenvalue weighted by atomic mass is 10.1. The molecule has 1 nitrogen and oxygen atoms in total. The lowest BCUT2D eigenvalue weighted by molar-refractivity contribution is 0.557. The third kappa shape index (κ3) is 12.2. The molecule has 0 heterocycles. The molecule has 0 rings (SSSR count). The van der Waals surface area contributed by atoms with Gasteiger partial charge in [0.15, 0.2) is 0 Å². The molecule has 0 aliphatic carbocycles. The van der Waals surface area contributed by atoms with E-state index in [0.29, 0.717) is 6.04 Å². The second-order valence-electron chi connectivity index (χ2n) is 4.70. The zero-order valence-corrected chi connectivity index (χ0v) is 11.6.